The maximum atomic E-state index is 12.6. The number of aromatic nitrogens is 1. The summed E-state index contributed by atoms with van der Waals surface area (Å²) < 4.78 is 30.4. The number of rotatable bonds is 7. The highest BCUT2D eigenvalue weighted by Gasteiger charge is 2.14. The zero-order valence-corrected chi connectivity index (χ0v) is 19.7. The van der Waals surface area contributed by atoms with Gasteiger partial charge in [-0.15, -0.1) is 0 Å². The topological polar surface area (TPSA) is 101 Å². The minimum Gasteiger partial charge on any atom is -0.497 e. The third-order valence-electron chi connectivity index (χ3n) is 5.27. The van der Waals surface area contributed by atoms with E-state index in [0.717, 1.165) is 40.2 Å². The van der Waals surface area contributed by atoms with Gasteiger partial charge in [0.1, 0.15) is 17.4 Å². The number of amides is 1. The van der Waals surface area contributed by atoms with E-state index in [1.807, 2.05) is 54.8 Å². The molecule has 0 saturated heterocycles. The Kier molecular flexibility index (Phi) is 7.04. The highest BCUT2D eigenvalue weighted by molar-refractivity contribution is 7.90. The molecule has 0 bridgehead atoms. The van der Waals surface area contributed by atoms with E-state index in [-0.39, 0.29) is 17.0 Å². The van der Waals surface area contributed by atoms with Crippen molar-refractivity contribution >= 4 is 21.8 Å². The van der Waals surface area contributed by atoms with E-state index >= 15 is 0 Å². The molecule has 0 aliphatic rings. The van der Waals surface area contributed by atoms with E-state index in [1.165, 1.54) is 12.1 Å². The highest BCUT2D eigenvalue weighted by Crippen LogP contribution is 2.24. The van der Waals surface area contributed by atoms with Crippen LogP contribution in [0.5, 0.6) is 5.75 Å². The minimum atomic E-state index is -3.28. The van der Waals surface area contributed by atoms with Crippen molar-refractivity contribution < 1.29 is 17.9 Å². The molecule has 170 valence electrons. The average Bonchev–Trinajstić information content (AvgIpc) is 3.08. The number of hydrogen-bond donors (Lipinski definition) is 1. The van der Waals surface area contributed by atoms with Crippen LogP contribution in [0, 0.1) is 25.2 Å². The number of benzene rings is 2. The number of nitriles is 1. The predicted molar refractivity (Wildman–Crippen MR) is 127 cm³/mol. The van der Waals surface area contributed by atoms with E-state index < -0.39 is 15.7 Å². The molecule has 0 aliphatic carbocycles. The molecule has 33 heavy (non-hydrogen) atoms. The number of carbonyl (C=O) groups is 1. The van der Waals surface area contributed by atoms with Crippen LogP contribution in [0.1, 0.15) is 22.5 Å². The molecule has 0 unspecified atom stereocenters. The van der Waals surface area contributed by atoms with Crippen LogP contribution in [0.25, 0.3) is 11.8 Å². The van der Waals surface area contributed by atoms with Crippen LogP contribution < -0.4 is 10.1 Å². The molecule has 1 N–H and O–H groups in total. The summed E-state index contributed by atoms with van der Waals surface area (Å²) in [7, 11) is -1.67. The lowest BCUT2D eigenvalue weighted by Crippen LogP contribution is -2.24. The lowest BCUT2D eigenvalue weighted by atomic mass is 10.1. The molecular formula is C25H25N3O4S. The van der Waals surface area contributed by atoms with Gasteiger partial charge in [-0.3, -0.25) is 4.79 Å². The van der Waals surface area contributed by atoms with Gasteiger partial charge >= 0.3 is 0 Å². The Bertz CT molecular complexity index is 1340. The fourth-order valence-corrected chi connectivity index (χ4v) is 4.13. The molecule has 0 aliphatic heterocycles. The molecule has 3 rings (SSSR count). The molecule has 1 amide bonds. The summed E-state index contributed by atoms with van der Waals surface area (Å²) in [6.07, 6.45) is 2.71. The van der Waals surface area contributed by atoms with Gasteiger partial charge in [0.2, 0.25) is 0 Å². The van der Waals surface area contributed by atoms with E-state index in [4.69, 9.17) is 4.74 Å². The molecule has 8 heteroatoms. The van der Waals surface area contributed by atoms with Crippen molar-refractivity contribution in [2.24, 2.45) is 0 Å². The van der Waals surface area contributed by atoms with Crippen molar-refractivity contribution in [1.82, 2.24) is 9.88 Å². The predicted octanol–water partition coefficient (Wildman–Crippen LogP) is 3.73. The molecule has 1 heterocycles. The van der Waals surface area contributed by atoms with Crippen LogP contribution in [0.3, 0.4) is 0 Å². The maximum absolute atomic E-state index is 12.6. The van der Waals surface area contributed by atoms with E-state index in [0.29, 0.717) is 0 Å². The first-order valence-electron chi connectivity index (χ1n) is 10.2. The third-order valence-corrected chi connectivity index (χ3v) is 6.40. The zero-order chi connectivity index (χ0) is 24.2. The molecule has 1 aromatic heterocycles. The van der Waals surface area contributed by atoms with Gasteiger partial charge in [0.25, 0.3) is 5.91 Å². The third kappa shape index (κ3) is 5.51. The van der Waals surface area contributed by atoms with Crippen LogP contribution in [-0.2, 0) is 21.2 Å². The van der Waals surface area contributed by atoms with Crippen LogP contribution in [0.2, 0.25) is 0 Å². The Balaban J connectivity index is 1.78. The second-order valence-corrected chi connectivity index (χ2v) is 9.64. The van der Waals surface area contributed by atoms with E-state index in [2.05, 4.69) is 5.32 Å². The zero-order valence-electron chi connectivity index (χ0n) is 18.9. The number of aryl methyl sites for hydroxylation is 1. The van der Waals surface area contributed by atoms with Crippen molar-refractivity contribution in [2.75, 3.05) is 13.4 Å². The number of hydrogen-bond acceptors (Lipinski definition) is 5. The standard InChI is InChI=1S/C25H25N3O4S/c1-17-13-20(18(2)28(17)22-7-9-23(32-3)10-8-22)14-21(15-26)25(29)27-16-19-5-11-24(12-6-19)33(4,30)31/h5-14H,16H2,1-4H3,(H,27,29)/b21-14-. The first-order valence-corrected chi connectivity index (χ1v) is 12.1. The fraction of sp³-hybridized carbons (Fsp3) is 0.200. The summed E-state index contributed by atoms with van der Waals surface area (Å²) >= 11 is 0. The quantitative estimate of drug-likeness (QED) is 0.425. The van der Waals surface area contributed by atoms with E-state index in [9.17, 15) is 18.5 Å². The van der Waals surface area contributed by atoms with Crippen LogP contribution in [-0.4, -0.2) is 32.3 Å². The minimum absolute atomic E-state index is 0.0160. The Morgan fingerprint density at radius 1 is 1.12 bits per heavy atom. The summed E-state index contributed by atoms with van der Waals surface area (Å²) in [4.78, 5) is 12.8. The van der Waals surface area contributed by atoms with Gasteiger partial charge in [-0.25, -0.2) is 8.42 Å². The largest absolute Gasteiger partial charge is 0.497 e. The van der Waals surface area contributed by atoms with Crippen LogP contribution >= 0.6 is 0 Å². The maximum Gasteiger partial charge on any atom is 0.262 e. The summed E-state index contributed by atoms with van der Waals surface area (Å²) in [5.74, 6) is 0.259. The number of carbonyl (C=O) groups excluding carboxylic acids is 1. The lowest BCUT2D eigenvalue weighted by Gasteiger charge is -2.10. The molecule has 0 saturated carbocycles. The first-order chi connectivity index (χ1) is 15.6. The Morgan fingerprint density at radius 2 is 1.76 bits per heavy atom. The molecule has 0 radical (unpaired) electrons. The second-order valence-electron chi connectivity index (χ2n) is 7.63. The van der Waals surface area contributed by atoms with Crippen molar-refractivity contribution in [2.45, 2.75) is 25.3 Å². The Morgan fingerprint density at radius 3 is 2.30 bits per heavy atom. The van der Waals surface area contributed by atoms with Gasteiger partial charge in [0.15, 0.2) is 9.84 Å². The van der Waals surface area contributed by atoms with Gasteiger partial charge < -0.3 is 14.6 Å². The first kappa shape index (κ1) is 23.8. The molecular weight excluding hydrogens is 438 g/mol. The summed E-state index contributed by atoms with van der Waals surface area (Å²) in [5.41, 5.74) is 4.30. The van der Waals surface area contributed by atoms with Gasteiger partial charge in [-0.1, -0.05) is 12.1 Å². The smallest absolute Gasteiger partial charge is 0.262 e. The van der Waals surface area contributed by atoms with Crippen molar-refractivity contribution in [3.63, 3.8) is 0 Å². The average molecular weight is 464 g/mol. The Hall–Kier alpha value is -3.83. The van der Waals surface area contributed by atoms with Gasteiger partial charge in [-0.2, -0.15) is 5.26 Å². The fourth-order valence-electron chi connectivity index (χ4n) is 3.50. The molecule has 0 atom stereocenters. The monoisotopic (exact) mass is 463 g/mol. The lowest BCUT2D eigenvalue weighted by molar-refractivity contribution is -0.117. The molecule has 3 aromatic rings. The molecule has 2 aromatic carbocycles. The van der Waals surface area contributed by atoms with Crippen molar-refractivity contribution in [3.8, 4) is 17.5 Å². The van der Waals surface area contributed by atoms with Gasteiger partial charge in [0.05, 0.1) is 12.0 Å². The summed E-state index contributed by atoms with van der Waals surface area (Å²) in [5, 5.41) is 12.3. The Labute approximate surface area is 193 Å². The summed E-state index contributed by atoms with van der Waals surface area (Å²) in [6, 6.07) is 17.8. The van der Waals surface area contributed by atoms with Crippen LogP contribution in [0.15, 0.2) is 65.1 Å². The number of ether oxygens (including phenoxy) is 1. The SMILES string of the molecule is COc1ccc(-n2c(C)cc(/C=C(/C#N)C(=O)NCc3ccc(S(C)(=O)=O)cc3)c2C)cc1. The molecule has 7 nitrogen and oxygen atoms in total. The molecule has 0 fully saturated rings. The number of methoxy groups -OCH3 is 1. The second kappa shape index (κ2) is 9.76. The van der Waals surface area contributed by atoms with Gasteiger partial charge in [0, 0.05) is 29.9 Å². The van der Waals surface area contributed by atoms with Gasteiger partial charge in [-0.05, 0) is 73.5 Å². The number of nitrogens with one attached hydrogen (secondary N) is 1. The molecule has 0 spiro atoms. The highest BCUT2D eigenvalue weighted by atomic mass is 32.2. The summed E-state index contributed by atoms with van der Waals surface area (Å²) in [6.45, 7) is 4.06. The van der Waals surface area contributed by atoms with E-state index in [1.54, 1.807) is 25.3 Å². The number of sulfone groups is 1. The number of nitrogens with zero attached hydrogens (tertiary/aromatic N) is 2. The van der Waals surface area contributed by atoms with Crippen molar-refractivity contribution in [3.05, 3.63) is 82.7 Å². The normalized spacial score (nSPS) is 11.7. The van der Waals surface area contributed by atoms with Crippen molar-refractivity contribution in [1.29, 1.82) is 5.26 Å². The van der Waals surface area contributed by atoms with Crippen LogP contribution in [0.4, 0.5) is 0 Å².